The Morgan fingerprint density at radius 1 is 1.28 bits per heavy atom. The van der Waals surface area contributed by atoms with Gasteiger partial charge in [0.05, 0.1) is 24.8 Å². The molecule has 0 radical (unpaired) electrons. The SMILES string of the molecule is COc1cc(/C=N\NC(=O)CN(C)S(=O)(=O)c2ccc(C)cc2)cc2c1OCO2. The lowest BCUT2D eigenvalue weighted by molar-refractivity contribution is -0.121. The van der Waals surface area contributed by atoms with E-state index in [1.165, 1.54) is 32.5 Å². The van der Waals surface area contributed by atoms with Crippen molar-refractivity contribution in [3.63, 3.8) is 0 Å². The number of amides is 1. The maximum absolute atomic E-state index is 12.5. The van der Waals surface area contributed by atoms with Crippen molar-refractivity contribution in [2.24, 2.45) is 5.10 Å². The fourth-order valence-electron chi connectivity index (χ4n) is 2.62. The van der Waals surface area contributed by atoms with Crippen LogP contribution in [0, 0.1) is 6.92 Å². The Morgan fingerprint density at radius 3 is 2.69 bits per heavy atom. The number of hydrogen-bond acceptors (Lipinski definition) is 7. The van der Waals surface area contributed by atoms with Crippen LogP contribution in [0.2, 0.25) is 0 Å². The lowest BCUT2D eigenvalue weighted by atomic mass is 10.2. The van der Waals surface area contributed by atoms with Crippen molar-refractivity contribution in [2.75, 3.05) is 27.5 Å². The van der Waals surface area contributed by atoms with Gasteiger partial charge in [0.1, 0.15) is 0 Å². The first kappa shape index (κ1) is 20.6. The molecule has 0 aromatic heterocycles. The van der Waals surface area contributed by atoms with Crippen molar-refractivity contribution in [1.29, 1.82) is 0 Å². The summed E-state index contributed by atoms with van der Waals surface area (Å²) >= 11 is 0. The van der Waals surface area contributed by atoms with Crippen LogP contribution in [0.25, 0.3) is 0 Å². The number of likely N-dealkylation sites (N-methyl/N-ethyl adjacent to an activating group) is 1. The van der Waals surface area contributed by atoms with E-state index < -0.39 is 15.9 Å². The maximum Gasteiger partial charge on any atom is 0.255 e. The molecule has 1 amide bonds. The van der Waals surface area contributed by atoms with Gasteiger partial charge >= 0.3 is 0 Å². The van der Waals surface area contributed by atoms with Gasteiger partial charge in [-0.3, -0.25) is 4.79 Å². The normalized spacial score (nSPS) is 13.1. The zero-order valence-electron chi connectivity index (χ0n) is 16.2. The van der Waals surface area contributed by atoms with Gasteiger partial charge in [-0.15, -0.1) is 0 Å². The number of aryl methyl sites for hydroxylation is 1. The molecule has 0 aliphatic carbocycles. The van der Waals surface area contributed by atoms with Crippen LogP contribution in [-0.4, -0.2) is 52.3 Å². The van der Waals surface area contributed by atoms with E-state index in [0.717, 1.165) is 9.87 Å². The lowest BCUT2D eigenvalue weighted by Crippen LogP contribution is -2.36. The fraction of sp³-hybridized carbons (Fsp3) is 0.263. The number of rotatable bonds is 7. The van der Waals surface area contributed by atoms with Crippen LogP contribution in [0.15, 0.2) is 46.4 Å². The molecule has 2 aromatic carbocycles. The molecule has 0 atom stereocenters. The first-order chi connectivity index (χ1) is 13.8. The van der Waals surface area contributed by atoms with E-state index in [2.05, 4.69) is 10.5 Å². The van der Waals surface area contributed by atoms with Gasteiger partial charge in [-0.05, 0) is 31.2 Å². The first-order valence-electron chi connectivity index (χ1n) is 8.64. The number of fused-ring (bicyclic) bond motifs is 1. The minimum Gasteiger partial charge on any atom is -0.493 e. The number of benzene rings is 2. The Labute approximate surface area is 168 Å². The molecule has 2 aromatic rings. The number of methoxy groups -OCH3 is 1. The molecule has 0 bridgehead atoms. The van der Waals surface area contributed by atoms with E-state index in [1.807, 2.05) is 6.92 Å². The van der Waals surface area contributed by atoms with Crippen LogP contribution in [0.1, 0.15) is 11.1 Å². The average molecular weight is 419 g/mol. The minimum atomic E-state index is -3.77. The molecule has 3 rings (SSSR count). The standard InChI is InChI=1S/C19H21N3O6S/c1-13-4-6-15(7-5-13)29(24,25)22(2)11-18(23)21-20-10-14-8-16(26-3)19-17(9-14)27-12-28-19/h4-10H,11-12H2,1-3H3,(H,21,23)/b20-10-. The molecule has 1 N–H and O–H groups in total. The second kappa shape index (κ2) is 8.50. The second-order valence-corrected chi connectivity index (χ2v) is 8.37. The highest BCUT2D eigenvalue weighted by Gasteiger charge is 2.23. The zero-order chi connectivity index (χ0) is 21.0. The van der Waals surface area contributed by atoms with Crippen LogP contribution in [0.4, 0.5) is 0 Å². The Bertz CT molecular complexity index is 1030. The van der Waals surface area contributed by atoms with Gasteiger partial charge in [-0.1, -0.05) is 17.7 Å². The van der Waals surface area contributed by atoms with Crippen molar-refractivity contribution in [3.8, 4) is 17.2 Å². The first-order valence-corrected chi connectivity index (χ1v) is 10.1. The Kier molecular flexibility index (Phi) is 6.04. The predicted molar refractivity (Wildman–Crippen MR) is 106 cm³/mol. The number of ether oxygens (including phenoxy) is 3. The molecule has 0 saturated carbocycles. The maximum atomic E-state index is 12.5. The number of carbonyl (C=O) groups excluding carboxylic acids is 1. The van der Waals surface area contributed by atoms with Crippen molar-refractivity contribution in [3.05, 3.63) is 47.5 Å². The van der Waals surface area contributed by atoms with Crippen molar-refractivity contribution in [2.45, 2.75) is 11.8 Å². The van der Waals surface area contributed by atoms with Crippen LogP contribution >= 0.6 is 0 Å². The highest BCUT2D eigenvalue weighted by atomic mass is 32.2. The van der Waals surface area contributed by atoms with Crippen LogP contribution in [0.5, 0.6) is 17.2 Å². The number of hydrazone groups is 1. The molecule has 1 heterocycles. The smallest absolute Gasteiger partial charge is 0.255 e. The van der Waals surface area contributed by atoms with Gasteiger partial charge in [0, 0.05) is 12.6 Å². The molecule has 0 fully saturated rings. The lowest BCUT2D eigenvalue weighted by Gasteiger charge is -2.16. The molecular weight excluding hydrogens is 398 g/mol. The Hall–Kier alpha value is -3.11. The van der Waals surface area contributed by atoms with E-state index in [4.69, 9.17) is 14.2 Å². The van der Waals surface area contributed by atoms with Crippen molar-refractivity contribution in [1.82, 2.24) is 9.73 Å². The van der Waals surface area contributed by atoms with E-state index in [0.29, 0.717) is 22.8 Å². The third-order valence-corrected chi connectivity index (χ3v) is 6.00. The van der Waals surface area contributed by atoms with Gasteiger partial charge in [-0.2, -0.15) is 9.41 Å². The van der Waals surface area contributed by atoms with Gasteiger partial charge in [0.25, 0.3) is 5.91 Å². The summed E-state index contributed by atoms with van der Waals surface area (Å²) in [6.45, 7) is 1.59. The molecule has 0 unspecified atom stereocenters. The Morgan fingerprint density at radius 2 is 2.00 bits per heavy atom. The van der Waals surface area contributed by atoms with Gasteiger partial charge < -0.3 is 14.2 Å². The topological polar surface area (TPSA) is 107 Å². The molecule has 1 aliphatic rings. The van der Waals surface area contributed by atoms with Crippen LogP contribution < -0.4 is 19.6 Å². The number of nitrogens with one attached hydrogen (secondary N) is 1. The third-order valence-electron chi connectivity index (χ3n) is 4.18. The van der Waals surface area contributed by atoms with Crippen LogP contribution in [-0.2, 0) is 14.8 Å². The summed E-state index contributed by atoms with van der Waals surface area (Å²) in [7, 11) is -0.931. The highest BCUT2D eigenvalue weighted by Crippen LogP contribution is 2.41. The van der Waals surface area contributed by atoms with E-state index in [1.54, 1.807) is 24.3 Å². The summed E-state index contributed by atoms with van der Waals surface area (Å²) in [4.78, 5) is 12.2. The number of sulfonamides is 1. The highest BCUT2D eigenvalue weighted by molar-refractivity contribution is 7.89. The molecule has 10 heteroatoms. The van der Waals surface area contributed by atoms with E-state index >= 15 is 0 Å². The number of carbonyl (C=O) groups is 1. The zero-order valence-corrected chi connectivity index (χ0v) is 17.0. The fourth-order valence-corrected chi connectivity index (χ4v) is 3.74. The summed E-state index contributed by atoms with van der Waals surface area (Å²) in [5, 5.41) is 3.86. The molecule has 1 aliphatic heterocycles. The van der Waals surface area contributed by atoms with Gasteiger partial charge in [0.2, 0.25) is 22.6 Å². The van der Waals surface area contributed by atoms with Crippen molar-refractivity contribution < 1.29 is 27.4 Å². The minimum absolute atomic E-state index is 0.102. The van der Waals surface area contributed by atoms with Crippen molar-refractivity contribution >= 4 is 22.1 Å². The summed E-state index contributed by atoms with van der Waals surface area (Å²) in [6, 6.07) is 9.77. The third kappa shape index (κ3) is 4.66. The molecule has 29 heavy (non-hydrogen) atoms. The summed E-state index contributed by atoms with van der Waals surface area (Å²) < 4.78 is 41.9. The molecular formula is C19H21N3O6S. The summed E-state index contributed by atoms with van der Waals surface area (Å²) in [5.74, 6) is 0.932. The number of nitrogens with zero attached hydrogens (tertiary/aromatic N) is 2. The van der Waals surface area contributed by atoms with Crippen LogP contribution in [0.3, 0.4) is 0 Å². The number of hydrogen-bond donors (Lipinski definition) is 1. The average Bonchev–Trinajstić information content (AvgIpc) is 3.16. The molecule has 154 valence electrons. The van der Waals surface area contributed by atoms with Gasteiger partial charge in [0.15, 0.2) is 11.5 Å². The van der Waals surface area contributed by atoms with E-state index in [-0.39, 0.29) is 18.2 Å². The Balaban J connectivity index is 1.62. The largest absolute Gasteiger partial charge is 0.493 e. The van der Waals surface area contributed by atoms with E-state index in [9.17, 15) is 13.2 Å². The summed E-state index contributed by atoms with van der Waals surface area (Å²) in [6.07, 6.45) is 1.40. The quantitative estimate of drug-likeness (QED) is 0.539. The molecule has 0 saturated heterocycles. The predicted octanol–water partition coefficient (Wildman–Crippen LogP) is 1.50. The molecule has 9 nitrogen and oxygen atoms in total. The monoisotopic (exact) mass is 419 g/mol. The second-order valence-electron chi connectivity index (χ2n) is 6.32. The summed E-state index contributed by atoms with van der Waals surface area (Å²) in [5.41, 5.74) is 3.87. The molecule has 0 spiro atoms. The van der Waals surface area contributed by atoms with Gasteiger partial charge in [-0.25, -0.2) is 13.8 Å².